The second-order valence-corrected chi connectivity index (χ2v) is 8.42. The molecular weight excluding hydrogens is 347 g/mol. The second kappa shape index (κ2) is 6.44. The molecule has 2 aliphatic rings. The lowest BCUT2D eigenvalue weighted by atomic mass is 9.81. The van der Waals surface area contributed by atoms with Gasteiger partial charge in [-0.15, -0.1) is 0 Å². The van der Waals surface area contributed by atoms with Crippen molar-refractivity contribution >= 4 is 6.09 Å². The molecule has 3 rings (SSSR count). The number of rotatable bonds is 2. The van der Waals surface area contributed by atoms with Gasteiger partial charge in [0.05, 0.1) is 5.60 Å². The first-order valence-corrected chi connectivity index (χ1v) is 8.85. The Hall–Kier alpha value is -1.76. The number of carbonyl (C=O) groups excluding carboxylic acids is 1. The Kier molecular flexibility index (Phi) is 4.71. The molecule has 26 heavy (non-hydrogen) atoms. The number of nitrogens with zero attached hydrogens (tertiary/aromatic N) is 1. The first-order valence-electron chi connectivity index (χ1n) is 8.85. The molecule has 2 unspecified atom stereocenters. The second-order valence-electron chi connectivity index (χ2n) is 8.42. The van der Waals surface area contributed by atoms with Crippen LogP contribution in [0.3, 0.4) is 0 Å². The lowest BCUT2D eigenvalue weighted by molar-refractivity contribution is -0.0583. The van der Waals surface area contributed by atoms with Crippen molar-refractivity contribution < 1.29 is 27.8 Å². The summed E-state index contributed by atoms with van der Waals surface area (Å²) in [6, 6.07) is 1.61. The molecule has 7 heteroatoms. The van der Waals surface area contributed by atoms with Crippen LogP contribution in [0, 0.1) is 17.5 Å². The molecule has 0 aromatic heterocycles. The zero-order valence-corrected chi connectivity index (χ0v) is 15.2. The van der Waals surface area contributed by atoms with Crippen molar-refractivity contribution in [2.24, 2.45) is 0 Å². The molecule has 0 radical (unpaired) electrons. The van der Waals surface area contributed by atoms with E-state index in [0.29, 0.717) is 0 Å². The lowest BCUT2D eigenvalue weighted by Crippen LogP contribution is -2.55. The topological polar surface area (TPSA) is 49.8 Å². The Morgan fingerprint density at radius 2 is 1.77 bits per heavy atom. The fraction of sp³-hybridized carbons (Fsp3) is 0.632. The van der Waals surface area contributed by atoms with Crippen molar-refractivity contribution in [1.82, 2.24) is 4.90 Å². The van der Waals surface area contributed by atoms with Crippen LogP contribution in [0.5, 0.6) is 0 Å². The third-order valence-corrected chi connectivity index (χ3v) is 5.09. The minimum absolute atomic E-state index is 0.0588. The van der Waals surface area contributed by atoms with Gasteiger partial charge in [0.15, 0.2) is 17.5 Å². The van der Waals surface area contributed by atoms with E-state index in [1.54, 1.807) is 25.7 Å². The Balaban J connectivity index is 1.75. The summed E-state index contributed by atoms with van der Waals surface area (Å²) in [5.41, 5.74) is -1.94. The number of halogens is 3. The molecular formula is C19H24F3NO3. The summed E-state index contributed by atoms with van der Waals surface area (Å²) >= 11 is 0. The highest BCUT2D eigenvalue weighted by Gasteiger charge is 2.50. The third-order valence-electron chi connectivity index (χ3n) is 5.09. The van der Waals surface area contributed by atoms with Crippen molar-refractivity contribution in [3.8, 4) is 0 Å². The van der Waals surface area contributed by atoms with Gasteiger partial charge in [0, 0.05) is 18.5 Å². The summed E-state index contributed by atoms with van der Waals surface area (Å²) in [7, 11) is 0. The first kappa shape index (κ1) is 19.0. The summed E-state index contributed by atoms with van der Waals surface area (Å²) in [6.07, 6.45) is 1.43. The zero-order chi connectivity index (χ0) is 19.3. The van der Waals surface area contributed by atoms with Gasteiger partial charge in [0.25, 0.3) is 0 Å². The predicted molar refractivity (Wildman–Crippen MR) is 89.1 cm³/mol. The van der Waals surface area contributed by atoms with Crippen LogP contribution in [-0.4, -0.2) is 39.4 Å². The molecule has 2 atom stereocenters. The summed E-state index contributed by atoms with van der Waals surface area (Å²) in [5.74, 6) is -4.04. The molecule has 1 aromatic rings. The number of hydrogen-bond donors (Lipinski definition) is 1. The van der Waals surface area contributed by atoms with Gasteiger partial charge in [-0.2, -0.15) is 0 Å². The number of hydrogen-bond acceptors (Lipinski definition) is 3. The maximum atomic E-state index is 14.0. The number of piperidine rings is 1. The molecule has 2 bridgehead atoms. The minimum atomic E-state index is -1.53. The molecule has 2 aliphatic heterocycles. The van der Waals surface area contributed by atoms with Crippen molar-refractivity contribution in [3.63, 3.8) is 0 Å². The summed E-state index contributed by atoms with van der Waals surface area (Å²) in [5, 5.41) is 11.0. The average molecular weight is 371 g/mol. The number of fused-ring (bicyclic) bond motifs is 2. The fourth-order valence-electron chi connectivity index (χ4n) is 4.14. The smallest absolute Gasteiger partial charge is 0.410 e. The van der Waals surface area contributed by atoms with Gasteiger partial charge >= 0.3 is 6.09 Å². The Morgan fingerprint density at radius 1 is 1.19 bits per heavy atom. The van der Waals surface area contributed by atoms with Gasteiger partial charge in [0.2, 0.25) is 0 Å². The molecule has 144 valence electrons. The van der Waals surface area contributed by atoms with Gasteiger partial charge in [-0.05, 0) is 58.1 Å². The summed E-state index contributed by atoms with van der Waals surface area (Å²) in [6.45, 7) is 5.37. The lowest BCUT2D eigenvalue weighted by Gasteiger charge is -2.44. The average Bonchev–Trinajstić information content (AvgIpc) is 2.79. The zero-order valence-electron chi connectivity index (χ0n) is 15.2. The first-order chi connectivity index (χ1) is 12.0. The van der Waals surface area contributed by atoms with Crippen molar-refractivity contribution in [3.05, 3.63) is 35.1 Å². The van der Waals surface area contributed by atoms with Gasteiger partial charge in [-0.25, -0.2) is 18.0 Å². The van der Waals surface area contributed by atoms with E-state index in [1.807, 2.05) is 0 Å². The minimum Gasteiger partial charge on any atom is -0.444 e. The van der Waals surface area contributed by atoms with E-state index in [-0.39, 0.29) is 36.9 Å². The van der Waals surface area contributed by atoms with E-state index < -0.39 is 34.7 Å². The molecule has 1 aromatic carbocycles. The van der Waals surface area contributed by atoms with Crippen molar-refractivity contribution in [1.29, 1.82) is 0 Å². The van der Waals surface area contributed by atoms with Gasteiger partial charge in [0.1, 0.15) is 5.60 Å². The van der Waals surface area contributed by atoms with E-state index in [1.165, 1.54) is 0 Å². The Morgan fingerprint density at radius 3 is 2.31 bits per heavy atom. The highest BCUT2D eigenvalue weighted by molar-refractivity contribution is 5.69. The van der Waals surface area contributed by atoms with Crippen LogP contribution in [0.15, 0.2) is 12.1 Å². The number of amides is 1. The molecule has 1 N–H and O–H groups in total. The van der Waals surface area contributed by atoms with Crippen LogP contribution in [0.4, 0.5) is 18.0 Å². The Labute approximate surface area is 150 Å². The van der Waals surface area contributed by atoms with Crippen molar-refractivity contribution in [2.45, 2.75) is 76.2 Å². The van der Waals surface area contributed by atoms with Crippen LogP contribution >= 0.6 is 0 Å². The monoisotopic (exact) mass is 371 g/mol. The molecule has 2 saturated heterocycles. The summed E-state index contributed by atoms with van der Waals surface area (Å²) in [4.78, 5) is 14.1. The van der Waals surface area contributed by atoms with E-state index in [4.69, 9.17) is 4.74 Å². The van der Waals surface area contributed by atoms with Crippen LogP contribution < -0.4 is 0 Å². The molecule has 0 saturated carbocycles. The van der Waals surface area contributed by atoms with E-state index in [0.717, 1.165) is 25.0 Å². The number of ether oxygens (including phenoxy) is 1. The van der Waals surface area contributed by atoms with E-state index in [9.17, 15) is 23.1 Å². The van der Waals surface area contributed by atoms with Crippen LogP contribution in [0.25, 0.3) is 0 Å². The summed E-state index contributed by atoms with van der Waals surface area (Å²) < 4.78 is 46.0. The largest absolute Gasteiger partial charge is 0.444 e. The maximum Gasteiger partial charge on any atom is 0.410 e. The normalized spacial score (nSPS) is 28.3. The van der Waals surface area contributed by atoms with Gasteiger partial charge in [-0.1, -0.05) is 6.07 Å². The fourth-order valence-corrected chi connectivity index (χ4v) is 4.14. The van der Waals surface area contributed by atoms with Crippen LogP contribution in [0.1, 0.15) is 52.0 Å². The molecule has 0 spiro atoms. The number of benzene rings is 1. The SMILES string of the molecule is CC(C)(C)OC(=O)N1C2CCC1CC(O)(Cc1ccc(F)c(F)c1F)C2. The molecule has 0 aliphatic carbocycles. The predicted octanol–water partition coefficient (Wildman–Crippen LogP) is 3.94. The van der Waals surface area contributed by atoms with Gasteiger partial charge in [-0.3, -0.25) is 0 Å². The highest BCUT2D eigenvalue weighted by Crippen LogP contribution is 2.43. The van der Waals surface area contributed by atoms with Crippen LogP contribution in [-0.2, 0) is 11.2 Å². The highest BCUT2D eigenvalue weighted by atomic mass is 19.2. The van der Waals surface area contributed by atoms with E-state index >= 15 is 0 Å². The van der Waals surface area contributed by atoms with Gasteiger partial charge < -0.3 is 14.7 Å². The standard InChI is InChI=1S/C19H24F3NO3/c1-18(2,3)26-17(24)23-12-5-6-13(23)10-19(25,9-12)8-11-4-7-14(20)16(22)15(11)21/h4,7,12-13,25H,5-6,8-10H2,1-3H3. The Bertz CT molecular complexity index is 703. The maximum absolute atomic E-state index is 14.0. The molecule has 2 heterocycles. The molecule has 1 amide bonds. The molecule has 4 nitrogen and oxygen atoms in total. The number of carbonyl (C=O) groups is 1. The van der Waals surface area contributed by atoms with E-state index in [2.05, 4.69) is 0 Å². The molecule has 2 fully saturated rings. The number of aliphatic hydroxyl groups is 1. The quantitative estimate of drug-likeness (QED) is 0.801. The van der Waals surface area contributed by atoms with Crippen molar-refractivity contribution in [2.75, 3.05) is 0 Å². The van der Waals surface area contributed by atoms with Crippen LogP contribution in [0.2, 0.25) is 0 Å². The third kappa shape index (κ3) is 3.68.